The molecule has 106 valence electrons. The van der Waals surface area contributed by atoms with E-state index in [1.807, 2.05) is 24.3 Å². The van der Waals surface area contributed by atoms with Gasteiger partial charge in [-0.3, -0.25) is 4.79 Å². The molecule has 1 saturated heterocycles. The van der Waals surface area contributed by atoms with Crippen molar-refractivity contribution in [1.29, 1.82) is 0 Å². The molecule has 1 fully saturated rings. The van der Waals surface area contributed by atoms with Gasteiger partial charge in [-0.25, -0.2) is 0 Å². The molecule has 1 atom stereocenters. The fourth-order valence-corrected chi connectivity index (χ4v) is 2.53. The van der Waals surface area contributed by atoms with Gasteiger partial charge in [-0.15, -0.1) is 0 Å². The van der Waals surface area contributed by atoms with Gasteiger partial charge in [0.15, 0.2) is 0 Å². The molecule has 0 radical (unpaired) electrons. The van der Waals surface area contributed by atoms with Crippen LogP contribution < -0.4 is 10.1 Å². The van der Waals surface area contributed by atoms with Gasteiger partial charge in [0.1, 0.15) is 11.4 Å². The van der Waals surface area contributed by atoms with Gasteiger partial charge in [0.2, 0.25) is 0 Å². The van der Waals surface area contributed by atoms with Gasteiger partial charge < -0.3 is 19.8 Å². The maximum atomic E-state index is 12.1. The lowest BCUT2D eigenvalue weighted by atomic mass is 10.2. The lowest BCUT2D eigenvalue weighted by Gasteiger charge is -2.09. The van der Waals surface area contributed by atoms with Gasteiger partial charge in [-0.1, -0.05) is 12.1 Å². The Labute approximate surface area is 117 Å². The first-order valence-corrected chi connectivity index (χ1v) is 6.83. The van der Waals surface area contributed by atoms with Crippen LogP contribution in [0.3, 0.4) is 0 Å². The van der Waals surface area contributed by atoms with Crippen molar-refractivity contribution in [3.63, 3.8) is 0 Å². The number of hydrogen-bond donors (Lipinski definition) is 2. The van der Waals surface area contributed by atoms with Crippen molar-refractivity contribution in [1.82, 2.24) is 10.3 Å². The molecule has 3 rings (SSSR count). The average Bonchev–Trinajstić information content (AvgIpc) is 3.12. The number of amides is 1. The summed E-state index contributed by atoms with van der Waals surface area (Å²) in [7, 11) is 1.62. The highest BCUT2D eigenvalue weighted by molar-refractivity contribution is 5.99. The minimum Gasteiger partial charge on any atom is -0.495 e. The number of aromatic amines is 1. The molecule has 1 unspecified atom stereocenters. The average molecular weight is 274 g/mol. The molecule has 0 spiro atoms. The second-order valence-corrected chi connectivity index (χ2v) is 4.95. The van der Waals surface area contributed by atoms with E-state index in [0.29, 0.717) is 12.2 Å². The van der Waals surface area contributed by atoms with Crippen LogP contribution in [0.1, 0.15) is 23.3 Å². The molecule has 1 aliphatic heterocycles. The van der Waals surface area contributed by atoms with E-state index in [9.17, 15) is 4.79 Å². The van der Waals surface area contributed by atoms with Gasteiger partial charge in [0.05, 0.1) is 18.7 Å². The third-order valence-corrected chi connectivity index (χ3v) is 3.60. The van der Waals surface area contributed by atoms with Crippen molar-refractivity contribution in [2.45, 2.75) is 18.9 Å². The number of ether oxygens (including phenoxy) is 2. The summed E-state index contributed by atoms with van der Waals surface area (Å²) >= 11 is 0. The van der Waals surface area contributed by atoms with E-state index >= 15 is 0 Å². The first-order valence-electron chi connectivity index (χ1n) is 6.83. The lowest BCUT2D eigenvalue weighted by molar-refractivity contribution is 0.0854. The maximum absolute atomic E-state index is 12.1. The summed E-state index contributed by atoms with van der Waals surface area (Å²) in [6, 6.07) is 7.56. The van der Waals surface area contributed by atoms with E-state index < -0.39 is 0 Å². The van der Waals surface area contributed by atoms with E-state index in [1.165, 1.54) is 0 Å². The highest BCUT2D eigenvalue weighted by Crippen LogP contribution is 2.25. The summed E-state index contributed by atoms with van der Waals surface area (Å²) in [5.41, 5.74) is 1.39. The molecule has 1 aromatic heterocycles. The largest absolute Gasteiger partial charge is 0.495 e. The van der Waals surface area contributed by atoms with Gasteiger partial charge in [0.25, 0.3) is 5.91 Å². The van der Waals surface area contributed by atoms with E-state index in [0.717, 1.165) is 36.1 Å². The molecule has 20 heavy (non-hydrogen) atoms. The van der Waals surface area contributed by atoms with Crippen LogP contribution in [-0.4, -0.2) is 37.3 Å². The highest BCUT2D eigenvalue weighted by Gasteiger charge is 2.17. The lowest BCUT2D eigenvalue weighted by Crippen LogP contribution is -2.31. The van der Waals surface area contributed by atoms with Crippen molar-refractivity contribution in [2.75, 3.05) is 20.3 Å². The summed E-state index contributed by atoms with van der Waals surface area (Å²) in [6.45, 7) is 1.36. The zero-order valence-electron chi connectivity index (χ0n) is 11.4. The molecule has 2 aromatic rings. The summed E-state index contributed by atoms with van der Waals surface area (Å²) in [4.78, 5) is 15.2. The van der Waals surface area contributed by atoms with E-state index in [-0.39, 0.29) is 12.0 Å². The fourth-order valence-electron chi connectivity index (χ4n) is 2.53. The molecular weight excluding hydrogens is 256 g/mol. The monoisotopic (exact) mass is 274 g/mol. The zero-order valence-corrected chi connectivity index (χ0v) is 11.4. The van der Waals surface area contributed by atoms with Crippen molar-refractivity contribution in [2.24, 2.45) is 0 Å². The number of fused-ring (bicyclic) bond motifs is 1. The summed E-state index contributed by atoms with van der Waals surface area (Å²) in [6.07, 6.45) is 2.24. The predicted octanol–water partition coefficient (Wildman–Crippen LogP) is 2.09. The number of carbonyl (C=O) groups is 1. The number of carbonyl (C=O) groups excluding carboxylic acids is 1. The number of hydrogen-bond acceptors (Lipinski definition) is 3. The summed E-state index contributed by atoms with van der Waals surface area (Å²) in [5.74, 6) is 0.624. The van der Waals surface area contributed by atoms with Gasteiger partial charge >= 0.3 is 0 Å². The van der Waals surface area contributed by atoms with E-state index in [2.05, 4.69) is 10.3 Å². The van der Waals surface area contributed by atoms with Crippen LogP contribution in [0.5, 0.6) is 5.75 Å². The quantitative estimate of drug-likeness (QED) is 0.897. The van der Waals surface area contributed by atoms with Crippen molar-refractivity contribution in [3.05, 3.63) is 30.0 Å². The SMILES string of the molecule is COc1cccc2cc(C(=O)NCC3CCCO3)[nH]c12. The number of aromatic nitrogens is 1. The molecule has 1 amide bonds. The molecule has 0 aliphatic carbocycles. The van der Waals surface area contributed by atoms with E-state index in [4.69, 9.17) is 9.47 Å². The minimum atomic E-state index is -0.112. The predicted molar refractivity (Wildman–Crippen MR) is 76.2 cm³/mol. The third kappa shape index (κ3) is 2.49. The molecule has 5 heteroatoms. The molecule has 2 heterocycles. The number of rotatable bonds is 4. The standard InChI is InChI=1S/C15H18N2O3/c1-19-13-6-2-4-10-8-12(17-14(10)13)15(18)16-9-11-5-3-7-20-11/h2,4,6,8,11,17H,3,5,7,9H2,1H3,(H,16,18). The van der Waals surface area contributed by atoms with Gasteiger partial charge in [-0.2, -0.15) is 0 Å². The smallest absolute Gasteiger partial charge is 0.267 e. The second-order valence-electron chi connectivity index (χ2n) is 4.95. The molecule has 1 aliphatic rings. The summed E-state index contributed by atoms with van der Waals surface area (Å²) < 4.78 is 10.8. The first-order chi connectivity index (χ1) is 9.78. The van der Waals surface area contributed by atoms with Crippen molar-refractivity contribution in [3.8, 4) is 5.75 Å². The van der Waals surface area contributed by atoms with Crippen LogP contribution in [0.15, 0.2) is 24.3 Å². The zero-order chi connectivity index (χ0) is 13.9. The van der Waals surface area contributed by atoms with Gasteiger partial charge in [-0.05, 0) is 25.0 Å². The Balaban J connectivity index is 1.74. The Kier molecular flexibility index (Phi) is 3.60. The third-order valence-electron chi connectivity index (χ3n) is 3.60. The molecule has 0 bridgehead atoms. The Hall–Kier alpha value is -2.01. The topological polar surface area (TPSA) is 63.4 Å². The van der Waals surface area contributed by atoms with Crippen LogP contribution in [0.25, 0.3) is 10.9 Å². The first kappa shape index (κ1) is 13.0. The molecule has 1 aromatic carbocycles. The molecule has 5 nitrogen and oxygen atoms in total. The fraction of sp³-hybridized carbons (Fsp3) is 0.400. The molecular formula is C15H18N2O3. The van der Waals surface area contributed by atoms with Crippen molar-refractivity contribution >= 4 is 16.8 Å². The Morgan fingerprint density at radius 3 is 3.20 bits per heavy atom. The minimum absolute atomic E-state index is 0.112. The molecule has 2 N–H and O–H groups in total. The number of para-hydroxylation sites is 1. The Morgan fingerprint density at radius 2 is 2.45 bits per heavy atom. The van der Waals surface area contributed by atoms with E-state index in [1.54, 1.807) is 7.11 Å². The number of methoxy groups -OCH3 is 1. The van der Waals surface area contributed by atoms with Crippen LogP contribution in [0.4, 0.5) is 0 Å². The number of benzene rings is 1. The van der Waals surface area contributed by atoms with Crippen molar-refractivity contribution < 1.29 is 14.3 Å². The molecule has 0 saturated carbocycles. The Bertz CT molecular complexity index is 615. The maximum Gasteiger partial charge on any atom is 0.267 e. The second kappa shape index (κ2) is 5.54. The normalized spacial score (nSPS) is 18.4. The highest BCUT2D eigenvalue weighted by atomic mass is 16.5. The number of nitrogens with one attached hydrogen (secondary N) is 2. The van der Waals surface area contributed by atoms with Crippen LogP contribution in [-0.2, 0) is 4.74 Å². The van der Waals surface area contributed by atoms with Crippen LogP contribution in [0, 0.1) is 0 Å². The van der Waals surface area contributed by atoms with Crippen LogP contribution >= 0.6 is 0 Å². The summed E-state index contributed by atoms with van der Waals surface area (Å²) in [5, 5.41) is 3.87. The Morgan fingerprint density at radius 1 is 1.55 bits per heavy atom. The van der Waals surface area contributed by atoms with Crippen LogP contribution in [0.2, 0.25) is 0 Å². The van der Waals surface area contributed by atoms with Gasteiger partial charge in [0, 0.05) is 18.5 Å². The number of H-pyrrole nitrogens is 1.